The molecule has 0 bridgehead atoms. The maximum Gasteiger partial charge on any atom is 0.239 e. The van der Waals surface area contributed by atoms with Crippen LogP contribution in [0.3, 0.4) is 0 Å². The number of hydrogen-bond donors (Lipinski definition) is 4. The van der Waals surface area contributed by atoms with Crippen LogP contribution in [0.2, 0.25) is 5.02 Å². The number of pyridine rings is 1. The van der Waals surface area contributed by atoms with Crippen molar-refractivity contribution in [3.05, 3.63) is 35.5 Å². The molecule has 0 aliphatic carbocycles. The molecule has 3 heterocycles. The van der Waals surface area contributed by atoms with Crippen molar-refractivity contribution >= 4 is 40.0 Å². The van der Waals surface area contributed by atoms with Crippen LogP contribution in [-0.2, 0) is 4.79 Å². The van der Waals surface area contributed by atoms with Gasteiger partial charge in [-0.15, -0.1) is 0 Å². The number of fused-ring (bicyclic) bond motifs is 1. The van der Waals surface area contributed by atoms with Gasteiger partial charge in [-0.1, -0.05) is 11.6 Å². The zero-order valence-corrected chi connectivity index (χ0v) is 17.9. The Kier molecular flexibility index (Phi) is 6.06. The van der Waals surface area contributed by atoms with Gasteiger partial charge in [0, 0.05) is 24.3 Å². The zero-order valence-electron chi connectivity index (χ0n) is 17.1. The second-order valence-electron chi connectivity index (χ2n) is 7.59. The second kappa shape index (κ2) is 8.89. The van der Waals surface area contributed by atoms with E-state index in [0.29, 0.717) is 16.7 Å². The average molecular weight is 428 g/mol. The lowest BCUT2D eigenvalue weighted by molar-refractivity contribution is -0.118. The Bertz CT molecular complexity index is 1030. The Morgan fingerprint density at radius 1 is 1.27 bits per heavy atom. The number of carbonyl (C=O) groups excluding carboxylic acids is 1. The minimum absolute atomic E-state index is 0.0658. The molecule has 158 valence electrons. The molecular weight excluding hydrogens is 402 g/mol. The summed E-state index contributed by atoms with van der Waals surface area (Å²) in [4.78, 5) is 26.1. The number of hydrogen-bond acceptors (Lipinski definition) is 6. The van der Waals surface area contributed by atoms with Gasteiger partial charge < -0.3 is 25.8 Å². The number of aromatic nitrogens is 3. The van der Waals surface area contributed by atoms with Gasteiger partial charge in [0.1, 0.15) is 11.3 Å². The van der Waals surface area contributed by atoms with E-state index in [1.807, 2.05) is 24.3 Å². The highest BCUT2D eigenvalue weighted by Crippen LogP contribution is 2.32. The summed E-state index contributed by atoms with van der Waals surface area (Å²) in [5, 5.41) is 9.86. The van der Waals surface area contributed by atoms with Crippen LogP contribution >= 0.6 is 11.6 Å². The number of nitrogens with zero attached hydrogens (tertiary/aromatic N) is 3. The number of carbonyl (C=O) groups is 1. The van der Waals surface area contributed by atoms with Gasteiger partial charge >= 0.3 is 0 Å². The van der Waals surface area contributed by atoms with Crippen LogP contribution in [-0.4, -0.2) is 65.5 Å². The summed E-state index contributed by atoms with van der Waals surface area (Å²) in [6.07, 6.45) is 3.79. The lowest BCUT2D eigenvalue weighted by atomic mass is 10.1. The van der Waals surface area contributed by atoms with E-state index in [2.05, 4.69) is 42.8 Å². The fourth-order valence-corrected chi connectivity index (χ4v) is 3.78. The largest absolute Gasteiger partial charge is 0.379 e. The molecule has 4 N–H and O–H groups in total. The maximum absolute atomic E-state index is 11.4. The minimum atomic E-state index is -0.0658. The molecule has 0 atom stereocenters. The van der Waals surface area contributed by atoms with Gasteiger partial charge in [0.05, 0.1) is 23.5 Å². The van der Waals surface area contributed by atoms with Crippen LogP contribution in [0.1, 0.15) is 12.8 Å². The van der Waals surface area contributed by atoms with Crippen molar-refractivity contribution in [2.45, 2.75) is 18.9 Å². The Balaban J connectivity index is 1.55. The molecule has 1 amide bonds. The number of aromatic amines is 1. The van der Waals surface area contributed by atoms with Crippen molar-refractivity contribution in [2.24, 2.45) is 0 Å². The van der Waals surface area contributed by atoms with Crippen molar-refractivity contribution in [2.75, 3.05) is 44.4 Å². The van der Waals surface area contributed by atoms with Crippen molar-refractivity contribution in [1.82, 2.24) is 25.2 Å². The van der Waals surface area contributed by atoms with E-state index in [0.717, 1.165) is 54.2 Å². The summed E-state index contributed by atoms with van der Waals surface area (Å²) in [6.45, 7) is 2.37. The Hall–Kier alpha value is -2.84. The van der Waals surface area contributed by atoms with Gasteiger partial charge in [-0.05, 0) is 57.2 Å². The van der Waals surface area contributed by atoms with Gasteiger partial charge in [0.25, 0.3) is 0 Å². The molecule has 8 nitrogen and oxygen atoms in total. The number of anilines is 2. The number of likely N-dealkylation sites (N-methyl/N-ethyl adjacent to an activating group) is 1. The first kappa shape index (κ1) is 20.4. The van der Waals surface area contributed by atoms with E-state index >= 15 is 0 Å². The molecule has 1 fully saturated rings. The fraction of sp³-hybridized carbons (Fsp3) is 0.381. The summed E-state index contributed by atoms with van der Waals surface area (Å²) in [5.74, 6) is 0.660. The number of halogens is 1. The Labute approximate surface area is 180 Å². The number of benzene rings is 1. The third-order valence-corrected chi connectivity index (χ3v) is 5.72. The minimum Gasteiger partial charge on any atom is -0.379 e. The van der Waals surface area contributed by atoms with Gasteiger partial charge in [0.2, 0.25) is 5.91 Å². The molecule has 1 aromatic carbocycles. The molecule has 1 saturated heterocycles. The fourth-order valence-electron chi connectivity index (χ4n) is 3.59. The summed E-state index contributed by atoms with van der Waals surface area (Å²) in [5.41, 5.74) is 4.10. The van der Waals surface area contributed by atoms with Crippen molar-refractivity contribution in [3.63, 3.8) is 0 Å². The summed E-state index contributed by atoms with van der Waals surface area (Å²) >= 11 is 6.48. The number of imidazole rings is 1. The first-order valence-corrected chi connectivity index (χ1v) is 10.5. The predicted octanol–water partition coefficient (Wildman–Crippen LogP) is 2.94. The molecule has 9 heteroatoms. The molecular formula is C21H26ClN7O. The van der Waals surface area contributed by atoms with Gasteiger partial charge in [-0.3, -0.25) is 4.79 Å². The quantitative estimate of drug-likeness (QED) is 0.483. The molecule has 2 aromatic heterocycles. The molecule has 1 aliphatic rings. The van der Waals surface area contributed by atoms with Crippen LogP contribution in [0.5, 0.6) is 0 Å². The van der Waals surface area contributed by atoms with Crippen molar-refractivity contribution < 1.29 is 4.79 Å². The summed E-state index contributed by atoms with van der Waals surface area (Å²) < 4.78 is 0. The molecule has 0 radical (unpaired) electrons. The third-order valence-electron chi connectivity index (χ3n) is 5.43. The number of rotatable bonds is 6. The van der Waals surface area contributed by atoms with Crippen LogP contribution in [0, 0.1) is 0 Å². The Morgan fingerprint density at radius 3 is 2.70 bits per heavy atom. The van der Waals surface area contributed by atoms with Crippen LogP contribution in [0.15, 0.2) is 30.5 Å². The standard InChI is InChI=1S/C21H26ClN7O/c1-23-17(30)12-24-14-5-3-13(4-6-14)20-27-19-18(16(22)11-25-21(19)28-20)26-15-7-9-29(2)10-8-15/h3-6,11,15,24H,7-10,12H2,1-2H3,(H,23,30)(H2,25,26,27,28). The van der Waals surface area contributed by atoms with E-state index in [4.69, 9.17) is 11.6 Å². The van der Waals surface area contributed by atoms with E-state index < -0.39 is 0 Å². The number of H-pyrrole nitrogens is 1. The predicted molar refractivity (Wildman–Crippen MR) is 121 cm³/mol. The first-order valence-electron chi connectivity index (χ1n) is 10.1. The molecule has 30 heavy (non-hydrogen) atoms. The number of piperidine rings is 1. The molecule has 0 spiro atoms. The van der Waals surface area contributed by atoms with Crippen LogP contribution < -0.4 is 16.0 Å². The highest BCUT2D eigenvalue weighted by atomic mass is 35.5. The molecule has 0 saturated carbocycles. The molecule has 3 aromatic rings. The number of likely N-dealkylation sites (tertiary alicyclic amines) is 1. The van der Waals surface area contributed by atoms with E-state index in [-0.39, 0.29) is 12.5 Å². The number of nitrogens with one attached hydrogen (secondary N) is 4. The smallest absolute Gasteiger partial charge is 0.239 e. The highest BCUT2D eigenvalue weighted by Gasteiger charge is 2.20. The van der Waals surface area contributed by atoms with E-state index in [1.165, 1.54) is 0 Å². The second-order valence-corrected chi connectivity index (χ2v) is 8.00. The van der Waals surface area contributed by atoms with Gasteiger partial charge in [-0.2, -0.15) is 0 Å². The van der Waals surface area contributed by atoms with E-state index in [1.54, 1.807) is 13.2 Å². The summed E-state index contributed by atoms with van der Waals surface area (Å²) in [7, 11) is 3.76. The van der Waals surface area contributed by atoms with Crippen molar-refractivity contribution in [1.29, 1.82) is 0 Å². The van der Waals surface area contributed by atoms with E-state index in [9.17, 15) is 4.79 Å². The van der Waals surface area contributed by atoms with Crippen LogP contribution in [0.25, 0.3) is 22.6 Å². The normalized spacial score (nSPS) is 15.3. The topological polar surface area (TPSA) is 98.0 Å². The average Bonchev–Trinajstić information content (AvgIpc) is 3.20. The monoisotopic (exact) mass is 427 g/mol. The SMILES string of the molecule is CNC(=O)CNc1ccc(-c2nc3ncc(Cl)c(NC4CCN(C)CC4)c3[nH]2)cc1. The zero-order chi connectivity index (χ0) is 21.1. The highest BCUT2D eigenvalue weighted by molar-refractivity contribution is 6.34. The van der Waals surface area contributed by atoms with Crippen molar-refractivity contribution in [3.8, 4) is 11.4 Å². The number of amides is 1. The molecule has 0 unspecified atom stereocenters. The molecule has 1 aliphatic heterocycles. The lowest BCUT2D eigenvalue weighted by Gasteiger charge is -2.30. The van der Waals surface area contributed by atoms with Gasteiger partial charge in [0.15, 0.2) is 5.65 Å². The molecule has 4 rings (SSSR count). The Morgan fingerprint density at radius 2 is 2.00 bits per heavy atom. The lowest BCUT2D eigenvalue weighted by Crippen LogP contribution is -2.36. The maximum atomic E-state index is 11.4. The van der Waals surface area contributed by atoms with Gasteiger partial charge in [-0.25, -0.2) is 9.97 Å². The third kappa shape index (κ3) is 4.49. The van der Waals surface area contributed by atoms with Crippen LogP contribution in [0.4, 0.5) is 11.4 Å². The first-order chi connectivity index (χ1) is 14.5. The summed E-state index contributed by atoms with van der Waals surface area (Å²) in [6, 6.07) is 8.12.